The second-order valence-electron chi connectivity index (χ2n) is 4.73. The average Bonchev–Trinajstić information content (AvgIpc) is 2.87. The highest BCUT2D eigenvalue weighted by Crippen LogP contribution is 2.29. The normalized spacial score (nSPS) is 18.9. The van der Waals surface area contributed by atoms with Gasteiger partial charge in [-0.25, -0.2) is 0 Å². The van der Waals surface area contributed by atoms with Crippen molar-refractivity contribution in [2.75, 3.05) is 13.7 Å². The smallest absolute Gasteiger partial charge is 0.320 e. The minimum atomic E-state index is -0.842. The van der Waals surface area contributed by atoms with Gasteiger partial charge in [0.1, 0.15) is 6.04 Å². The molecule has 0 unspecified atom stereocenters. The Kier molecular flexibility index (Phi) is 4.19. The van der Waals surface area contributed by atoms with Crippen LogP contribution in [-0.4, -0.2) is 40.6 Å². The van der Waals surface area contributed by atoms with E-state index in [1.54, 1.807) is 12.1 Å². The molecule has 1 aliphatic rings. The lowest BCUT2D eigenvalue weighted by molar-refractivity contribution is -0.385. The van der Waals surface area contributed by atoms with Gasteiger partial charge in [0.05, 0.1) is 12.0 Å². The van der Waals surface area contributed by atoms with Gasteiger partial charge < -0.3 is 9.84 Å². The molecule has 0 aromatic heterocycles. The van der Waals surface area contributed by atoms with E-state index in [1.165, 1.54) is 13.2 Å². The number of nitro benzene ring substituents is 1. The zero-order chi connectivity index (χ0) is 14.7. The Hall–Kier alpha value is -2.15. The molecular weight excluding hydrogens is 264 g/mol. The van der Waals surface area contributed by atoms with Crippen LogP contribution >= 0.6 is 0 Å². The van der Waals surface area contributed by atoms with E-state index < -0.39 is 16.9 Å². The highest BCUT2D eigenvalue weighted by atomic mass is 16.6. The van der Waals surface area contributed by atoms with E-state index in [-0.39, 0.29) is 11.4 Å². The lowest BCUT2D eigenvalue weighted by atomic mass is 10.1. The van der Waals surface area contributed by atoms with E-state index in [0.29, 0.717) is 25.1 Å². The van der Waals surface area contributed by atoms with Crippen LogP contribution in [0.15, 0.2) is 18.2 Å². The third-order valence-electron chi connectivity index (χ3n) is 3.47. The summed E-state index contributed by atoms with van der Waals surface area (Å²) in [6.07, 6.45) is 1.45. The monoisotopic (exact) mass is 280 g/mol. The largest absolute Gasteiger partial charge is 0.490 e. The number of carboxylic acids is 1. The van der Waals surface area contributed by atoms with Crippen molar-refractivity contribution in [3.63, 3.8) is 0 Å². The van der Waals surface area contributed by atoms with Crippen LogP contribution in [-0.2, 0) is 11.3 Å². The van der Waals surface area contributed by atoms with Gasteiger partial charge in [-0.3, -0.25) is 19.8 Å². The van der Waals surface area contributed by atoms with Crippen LogP contribution in [0.2, 0.25) is 0 Å². The standard InChI is InChI=1S/C13H16N2O5/c1-20-12-5-4-9(7-11(12)15(18)19)8-14-6-2-3-10(14)13(16)17/h4-5,7,10H,2-3,6,8H2,1H3,(H,16,17)/t10-/m0/s1. The molecular formula is C13H16N2O5. The number of nitro groups is 1. The molecule has 1 fully saturated rings. The summed E-state index contributed by atoms with van der Waals surface area (Å²) >= 11 is 0. The molecule has 0 amide bonds. The zero-order valence-electron chi connectivity index (χ0n) is 11.1. The number of carbonyl (C=O) groups is 1. The van der Waals surface area contributed by atoms with Gasteiger partial charge in [0.15, 0.2) is 5.75 Å². The van der Waals surface area contributed by atoms with Crippen LogP contribution in [0, 0.1) is 10.1 Å². The number of hydrogen-bond donors (Lipinski definition) is 1. The van der Waals surface area contributed by atoms with Gasteiger partial charge in [0.25, 0.3) is 0 Å². The third kappa shape index (κ3) is 2.88. The number of methoxy groups -OCH3 is 1. The maximum absolute atomic E-state index is 11.1. The van der Waals surface area contributed by atoms with Gasteiger partial charge in [-0.1, -0.05) is 6.07 Å². The van der Waals surface area contributed by atoms with Gasteiger partial charge >= 0.3 is 11.7 Å². The molecule has 7 heteroatoms. The van der Waals surface area contributed by atoms with Crippen molar-refractivity contribution in [3.8, 4) is 5.75 Å². The molecule has 0 radical (unpaired) electrons. The molecule has 1 aliphatic heterocycles. The Morgan fingerprint density at radius 3 is 2.95 bits per heavy atom. The summed E-state index contributed by atoms with van der Waals surface area (Å²) in [4.78, 5) is 23.4. The summed E-state index contributed by atoms with van der Waals surface area (Å²) in [6, 6.07) is 4.20. The Morgan fingerprint density at radius 1 is 1.60 bits per heavy atom. The van der Waals surface area contributed by atoms with Crippen molar-refractivity contribution in [3.05, 3.63) is 33.9 Å². The predicted octanol–water partition coefficient (Wildman–Crippen LogP) is 1.65. The molecule has 2 rings (SSSR count). The van der Waals surface area contributed by atoms with Crippen LogP contribution in [0.3, 0.4) is 0 Å². The second-order valence-corrected chi connectivity index (χ2v) is 4.73. The summed E-state index contributed by atoms with van der Waals surface area (Å²) in [5.74, 6) is -0.638. The Bertz CT molecular complexity index is 531. The lowest BCUT2D eigenvalue weighted by Gasteiger charge is -2.20. The number of ether oxygens (including phenoxy) is 1. The predicted molar refractivity (Wildman–Crippen MR) is 70.7 cm³/mol. The first-order valence-corrected chi connectivity index (χ1v) is 6.31. The van der Waals surface area contributed by atoms with E-state index >= 15 is 0 Å². The molecule has 20 heavy (non-hydrogen) atoms. The SMILES string of the molecule is COc1ccc(CN2CCC[C@H]2C(=O)O)cc1[N+](=O)[O-]. The zero-order valence-corrected chi connectivity index (χ0v) is 11.1. The van der Waals surface area contributed by atoms with Crippen LogP contribution in [0.5, 0.6) is 5.75 Å². The van der Waals surface area contributed by atoms with E-state index in [0.717, 1.165) is 6.42 Å². The minimum Gasteiger partial charge on any atom is -0.490 e. The number of likely N-dealkylation sites (tertiary alicyclic amines) is 1. The molecule has 7 nitrogen and oxygen atoms in total. The van der Waals surface area contributed by atoms with Crippen LogP contribution < -0.4 is 4.74 Å². The van der Waals surface area contributed by atoms with Crippen molar-refractivity contribution in [1.29, 1.82) is 0 Å². The number of aliphatic carboxylic acids is 1. The Morgan fingerprint density at radius 2 is 2.35 bits per heavy atom. The summed E-state index contributed by atoms with van der Waals surface area (Å²) in [5.41, 5.74) is 0.613. The van der Waals surface area contributed by atoms with Gasteiger partial charge in [0, 0.05) is 12.6 Å². The first kappa shape index (κ1) is 14.3. The van der Waals surface area contributed by atoms with Crippen molar-refractivity contribution < 1.29 is 19.6 Å². The molecule has 0 saturated carbocycles. The van der Waals surface area contributed by atoms with E-state index in [9.17, 15) is 14.9 Å². The molecule has 1 aromatic rings. The van der Waals surface area contributed by atoms with E-state index in [4.69, 9.17) is 9.84 Å². The van der Waals surface area contributed by atoms with Crippen molar-refractivity contribution >= 4 is 11.7 Å². The van der Waals surface area contributed by atoms with E-state index in [1.807, 2.05) is 4.90 Å². The van der Waals surface area contributed by atoms with Crippen molar-refractivity contribution in [2.45, 2.75) is 25.4 Å². The Labute approximate surface area is 115 Å². The molecule has 1 N–H and O–H groups in total. The molecule has 1 saturated heterocycles. The summed E-state index contributed by atoms with van der Waals surface area (Å²) in [6.45, 7) is 1.08. The lowest BCUT2D eigenvalue weighted by Crippen LogP contribution is -2.35. The first-order valence-electron chi connectivity index (χ1n) is 6.31. The molecule has 0 aliphatic carbocycles. The van der Waals surface area contributed by atoms with Crippen molar-refractivity contribution in [1.82, 2.24) is 4.90 Å². The number of carboxylic acid groups (broad SMARTS) is 1. The summed E-state index contributed by atoms with van der Waals surface area (Å²) in [5, 5.41) is 20.1. The molecule has 0 bridgehead atoms. The molecule has 1 aromatic carbocycles. The highest BCUT2D eigenvalue weighted by molar-refractivity contribution is 5.73. The highest BCUT2D eigenvalue weighted by Gasteiger charge is 2.30. The first-order chi connectivity index (χ1) is 9.52. The Balaban J connectivity index is 2.19. The minimum absolute atomic E-state index is 0.101. The van der Waals surface area contributed by atoms with Crippen LogP contribution in [0.1, 0.15) is 18.4 Å². The van der Waals surface area contributed by atoms with Gasteiger partial charge in [-0.2, -0.15) is 0 Å². The number of benzene rings is 1. The number of hydrogen-bond acceptors (Lipinski definition) is 5. The number of rotatable bonds is 5. The quantitative estimate of drug-likeness (QED) is 0.651. The fourth-order valence-electron chi connectivity index (χ4n) is 2.51. The van der Waals surface area contributed by atoms with Crippen LogP contribution in [0.25, 0.3) is 0 Å². The fraction of sp³-hybridized carbons (Fsp3) is 0.462. The molecule has 1 heterocycles. The molecule has 0 spiro atoms. The second kappa shape index (κ2) is 5.87. The third-order valence-corrected chi connectivity index (χ3v) is 3.47. The topological polar surface area (TPSA) is 92.9 Å². The van der Waals surface area contributed by atoms with Crippen LogP contribution in [0.4, 0.5) is 5.69 Å². The molecule has 1 atom stereocenters. The summed E-state index contributed by atoms with van der Waals surface area (Å²) in [7, 11) is 1.38. The fourth-order valence-corrected chi connectivity index (χ4v) is 2.51. The van der Waals surface area contributed by atoms with Gasteiger partial charge in [0.2, 0.25) is 0 Å². The van der Waals surface area contributed by atoms with Gasteiger partial charge in [-0.15, -0.1) is 0 Å². The van der Waals surface area contributed by atoms with E-state index in [2.05, 4.69) is 0 Å². The van der Waals surface area contributed by atoms with Crippen molar-refractivity contribution in [2.24, 2.45) is 0 Å². The maximum Gasteiger partial charge on any atom is 0.320 e. The maximum atomic E-state index is 11.1. The van der Waals surface area contributed by atoms with Gasteiger partial charge in [-0.05, 0) is 31.0 Å². The summed E-state index contributed by atoms with van der Waals surface area (Å²) < 4.78 is 4.94. The molecule has 108 valence electrons. The number of nitrogens with zero attached hydrogens (tertiary/aromatic N) is 2. The average molecular weight is 280 g/mol.